The molecule has 4 rings (SSSR count). The van der Waals surface area contributed by atoms with Crippen LogP contribution in [0.2, 0.25) is 0 Å². The summed E-state index contributed by atoms with van der Waals surface area (Å²) in [6.07, 6.45) is 3.54. The van der Waals surface area contributed by atoms with E-state index in [4.69, 9.17) is 9.15 Å². The Hall–Kier alpha value is -1.82. The number of aliphatic hydroxyl groups is 1. The molecule has 2 saturated carbocycles. The molecule has 0 unspecified atom stereocenters. The number of aromatic carboxylic acids is 1. The fourth-order valence-electron chi connectivity index (χ4n) is 6.35. The molecule has 0 amide bonds. The normalized spacial score (nSPS) is 39.5. The van der Waals surface area contributed by atoms with Crippen LogP contribution in [0.25, 0.3) is 0 Å². The van der Waals surface area contributed by atoms with E-state index in [1.807, 2.05) is 6.92 Å². The molecule has 0 saturated heterocycles. The average molecular weight is 376 g/mol. The highest BCUT2D eigenvalue weighted by Gasteiger charge is 2.62. The molecule has 6 heteroatoms. The Morgan fingerprint density at radius 3 is 2.52 bits per heavy atom. The Morgan fingerprint density at radius 2 is 1.85 bits per heavy atom. The van der Waals surface area contributed by atoms with Gasteiger partial charge < -0.3 is 19.4 Å². The summed E-state index contributed by atoms with van der Waals surface area (Å²) in [4.78, 5) is 23.8. The van der Waals surface area contributed by atoms with Crippen LogP contribution in [-0.4, -0.2) is 27.9 Å². The number of hydrogen-bond donors (Lipinski definition) is 2. The first-order valence-electron chi connectivity index (χ1n) is 9.76. The van der Waals surface area contributed by atoms with Crippen LogP contribution in [0.4, 0.5) is 0 Å². The maximum absolute atomic E-state index is 12.6. The van der Waals surface area contributed by atoms with Crippen molar-refractivity contribution in [2.45, 2.75) is 71.5 Å². The highest BCUT2D eigenvalue weighted by Crippen LogP contribution is 2.64. The zero-order valence-electron chi connectivity index (χ0n) is 16.4. The van der Waals surface area contributed by atoms with Crippen LogP contribution in [0.5, 0.6) is 5.95 Å². The second-order valence-electron chi connectivity index (χ2n) is 9.69. The maximum atomic E-state index is 12.6. The monoisotopic (exact) mass is 376 g/mol. The van der Waals surface area contributed by atoms with Crippen molar-refractivity contribution >= 4 is 5.97 Å². The Morgan fingerprint density at radius 1 is 1.15 bits per heavy atom. The van der Waals surface area contributed by atoms with E-state index in [-0.39, 0.29) is 40.0 Å². The molecule has 6 nitrogen and oxygen atoms in total. The lowest BCUT2D eigenvalue weighted by Gasteiger charge is -2.63. The summed E-state index contributed by atoms with van der Waals surface area (Å²) in [6, 6.07) is 1.05. The second kappa shape index (κ2) is 5.60. The SMILES string of the molecule is CC1(C)[C@@H](O)CC[C@@]2(C)[C@H]3Cc4c(oc(C(=O)O)cc4=O)O[C@]3(C)CC[C@@H]12. The summed E-state index contributed by atoms with van der Waals surface area (Å²) in [7, 11) is 0. The van der Waals surface area contributed by atoms with Crippen LogP contribution >= 0.6 is 0 Å². The summed E-state index contributed by atoms with van der Waals surface area (Å²) in [6.45, 7) is 8.61. The van der Waals surface area contributed by atoms with E-state index in [0.29, 0.717) is 17.9 Å². The number of carboxylic acid groups (broad SMARTS) is 1. The van der Waals surface area contributed by atoms with Gasteiger partial charge >= 0.3 is 5.97 Å². The Balaban J connectivity index is 1.80. The van der Waals surface area contributed by atoms with Crippen molar-refractivity contribution in [3.05, 3.63) is 27.6 Å². The van der Waals surface area contributed by atoms with Crippen LogP contribution in [-0.2, 0) is 6.42 Å². The van der Waals surface area contributed by atoms with Crippen molar-refractivity contribution in [2.75, 3.05) is 0 Å². The lowest BCUT2D eigenvalue weighted by Crippen LogP contribution is -2.63. The van der Waals surface area contributed by atoms with Crippen molar-refractivity contribution in [1.82, 2.24) is 0 Å². The van der Waals surface area contributed by atoms with Crippen LogP contribution in [0.15, 0.2) is 15.3 Å². The maximum Gasteiger partial charge on any atom is 0.372 e. The Labute approximate surface area is 158 Å². The minimum atomic E-state index is -1.27. The predicted octanol–water partition coefficient (Wildman–Crippen LogP) is 3.25. The highest BCUT2D eigenvalue weighted by atomic mass is 16.6. The van der Waals surface area contributed by atoms with E-state index in [1.54, 1.807) is 0 Å². The third kappa shape index (κ3) is 2.49. The van der Waals surface area contributed by atoms with E-state index < -0.39 is 11.6 Å². The van der Waals surface area contributed by atoms with Gasteiger partial charge in [-0.1, -0.05) is 20.8 Å². The Kier molecular flexibility index (Phi) is 3.84. The van der Waals surface area contributed by atoms with Crippen molar-refractivity contribution in [1.29, 1.82) is 0 Å². The fourth-order valence-corrected chi connectivity index (χ4v) is 6.35. The molecule has 0 aromatic carbocycles. The third-order valence-electron chi connectivity index (χ3n) is 7.93. The van der Waals surface area contributed by atoms with Gasteiger partial charge in [0.1, 0.15) is 5.60 Å². The summed E-state index contributed by atoms with van der Waals surface area (Å²) in [5.41, 5.74) is -0.661. The van der Waals surface area contributed by atoms with Crippen LogP contribution < -0.4 is 10.2 Å². The van der Waals surface area contributed by atoms with Crippen LogP contribution in [0, 0.1) is 22.7 Å². The minimum Gasteiger partial charge on any atom is -0.475 e. The van der Waals surface area contributed by atoms with E-state index in [9.17, 15) is 19.8 Å². The molecular formula is C21H28O6. The summed E-state index contributed by atoms with van der Waals surface area (Å²) in [5.74, 6) is -1.15. The van der Waals surface area contributed by atoms with Gasteiger partial charge in [-0.3, -0.25) is 4.79 Å². The largest absolute Gasteiger partial charge is 0.475 e. The molecule has 3 aliphatic rings. The smallest absolute Gasteiger partial charge is 0.372 e. The number of hydrogen-bond acceptors (Lipinski definition) is 5. The zero-order chi connectivity index (χ0) is 19.8. The Bertz CT molecular complexity index is 855. The molecule has 5 atom stereocenters. The molecule has 1 aromatic rings. The molecule has 2 aliphatic carbocycles. The summed E-state index contributed by atoms with van der Waals surface area (Å²) >= 11 is 0. The molecule has 0 spiro atoms. The number of aliphatic hydroxyl groups excluding tert-OH is 1. The standard InChI is InChI=1S/C21H28O6/c1-19(2)14-5-8-21(4)15(20(14,3)7-6-16(19)23)9-11-12(22)10-13(17(24)25)26-18(11)27-21/h10,14-16,23H,5-9H2,1-4H3,(H,24,25)/t14-,15+,16-,20+,21+/m0/s1. The lowest BCUT2D eigenvalue weighted by atomic mass is 9.44. The molecule has 0 radical (unpaired) electrons. The molecule has 27 heavy (non-hydrogen) atoms. The quantitative estimate of drug-likeness (QED) is 0.781. The fraction of sp³-hybridized carbons (Fsp3) is 0.714. The molecule has 1 aliphatic heterocycles. The minimum absolute atomic E-state index is 0.0642. The van der Waals surface area contributed by atoms with Crippen molar-refractivity contribution in [3.63, 3.8) is 0 Å². The molecular weight excluding hydrogens is 348 g/mol. The number of carboxylic acids is 1. The molecule has 0 bridgehead atoms. The first-order valence-corrected chi connectivity index (χ1v) is 9.76. The lowest BCUT2D eigenvalue weighted by molar-refractivity contribution is -0.195. The van der Waals surface area contributed by atoms with Crippen molar-refractivity contribution in [2.24, 2.45) is 22.7 Å². The molecule has 148 valence electrons. The number of ether oxygens (including phenoxy) is 1. The van der Waals surface area contributed by atoms with Gasteiger partial charge in [0.25, 0.3) is 5.95 Å². The van der Waals surface area contributed by atoms with Crippen molar-refractivity contribution < 1.29 is 24.2 Å². The molecule has 2 fully saturated rings. The first kappa shape index (κ1) is 18.5. The molecule has 2 N–H and O–H groups in total. The zero-order valence-corrected chi connectivity index (χ0v) is 16.4. The van der Waals surface area contributed by atoms with Gasteiger partial charge in [0.15, 0.2) is 5.43 Å². The second-order valence-corrected chi connectivity index (χ2v) is 9.69. The first-order chi connectivity index (χ1) is 12.5. The number of rotatable bonds is 1. The summed E-state index contributed by atoms with van der Waals surface area (Å²) < 4.78 is 11.6. The topological polar surface area (TPSA) is 97.0 Å². The van der Waals surface area contributed by atoms with E-state index in [0.717, 1.165) is 31.7 Å². The highest BCUT2D eigenvalue weighted by molar-refractivity contribution is 5.84. The van der Waals surface area contributed by atoms with Gasteiger partial charge in [-0.15, -0.1) is 0 Å². The number of fused-ring (bicyclic) bond motifs is 4. The molecule has 2 heterocycles. The van der Waals surface area contributed by atoms with Gasteiger partial charge in [0.2, 0.25) is 5.76 Å². The van der Waals surface area contributed by atoms with E-state index in [2.05, 4.69) is 20.8 Å². The predicted molar refractivity (Wildman–Crippen MR) is 98.0 cm³/mol. The van der Waals surface area contributed by atoms with Crippen LogP contribution in [0.3, 0.4) is 0 Å². The van der Waals surface area contributed by atoms with Gasteiger partial charge in [0.05, 0.1) is 11.7 Å². The van der Waals surface area contributed by atoms with Gasteiger partial charge in [-0.2, -0.15) is 0 Å². The van der Waals surface area contributed by atoms with Gasteiger partial charge in [0, 0.05) is 12.0 Å². The van der Waals surface area contributed by atoms with E-state index >= 15 is 0 Å². The summed E-state index contributed by atoms with van der Waals surface area (Å²) in [5, 5.41) is 19.8. The van der Waals surface area contributed by atoms with Gasteiger partial charge in [-0.05, 0) is 55.8 Å². The third-order valence-corrected chi connectivity index (χ3v) is 7.93. The van der Waals surface area contributed by atoms with E-state index in [1.165, 1.54) is 0 Å². The van der Waals surface area contributed by atoms with Crippen LogP contribution in [0.1, 0.15) is 69.5 Å². The molecule has 1 aromatic heterocycles. The van der Waals surface area contributed by atoms with Crippen molar-refractivity contribution in [3.8, 4) is 5.95 Å². The average Bonchev–Trinajstić information content (AvgIpc) is 2.57. The number of carbonyl (C=O) groups is 1. The van der Waals surface area contributed by atoms with Gasteiger partial charge in [-0.25, -0.2) is 4.79 Å².